The lowest BCUT2D eigenvalue weighted by atomic mass is 10.1. The second kappa shape index (κ2) is 6.69. The first-order valence-electron chi connectivity index (χ1n) is 8.11. The number of nitrogens with zero attached hydrogens (tertiary/aromatic N) is 3. The number of nitrogens with one attached hydrogen (secondary N) is 1. The molecule has 2 aromatic rings. The molecule has 0 bridgehead atoms. The standard InChI is InChI=1S/C16H17F3N4O3S2/c1-7-13(27-9(3)20-7)11-5-10-6-23(8(2)16(17,18)19)15(24)12(10)14(21-11)22-28(4,25)26/h5,8H,6H2,1-4H3,(H,21,22)/t8-/m0/s1. The molecule has 0 radical (unpaired) electrons. The smallest absolute Gasteiger partial charge is 0.322 e. The summed E-state index contributed by atoms with van der Waals surface area (Å²) in [4.78, 5) is 22.5. The number of rotatable bonds is 4. The number of halogens is 3. The Hall–Kier alpha value is -2.21. The summed E-state index contributed by atoms with van der Waals surface area (Å²) in [6.45, 7) is 4.14. The van der Waals surface area contributed by atoms with Gasteiger partial charge in [-0.05, 0) is 32.4 Å². The van der Waals surface area contributed by atoms with Crippen LogP contribution in [0, 0.1) is 13.8 Å². The van der Waals surface area contributed by atoms with Gasteiger partial charge in [-0.1, -0.05) is 0 Å². The molecular formula is C16H17F3N4O3S2. The molecule has 0 spiro atoms. The summed E-state index contributed by atoms with van der Waals surface area (Å²) in [6.07, 6.45) is -3.73. The van der Waals surface area contributed by atoms with Crippen LogP contribution in [0.25, 0.3) is 10.6 Å². The highest BCUT2D eigenvalue weighted by Crippen LogP contribution is 2.38. The highest BCUT2D eigenvalue weighted by Gasteiger charge is 2.46. The Kier molecular flexibility index (Phi) is 4.90. The van der Waals surface area contributed by atoms with Crippen molar-refractivity contribution in [1.29, 1.82) is 0 Å². The molecule has 0 aliphatic carbocycles. The van der Waals surface area contributed by atoms with E-state index in [1.54, 1.807) is 13.8 Å². The number of aromatic nitrogens is 2. The van der Waals surface area contributed by atoms with Crippen molar-refractivity contribution in [2.45, 2.75) is 39.5 Å². The predicted octanol–water partition coefficient (Wildman–Crippen LogP) is 3.10. The number of fused-ring (bicyclic) bond motifs is 1. The van der Waals surface area contributed by atoms with E-state index < -0.39 is 28.1 Å². The molecular weight excluding hydrogens is 417 g/mol. The lowest BCUT2D eigenvalue weighted by Gasteiger charge is -2.26. The third-order valence-electron chi connectivity index (χ3n) is 4.28. The molecule has 1 aliphatic heterocycles. The lowest BCUT2D eigenvalue weighted by Crippen LogP contribution is -2.43. The first-order valence-corrected chi connectivity index (χ1v) is 10.8. The van der Waals surface area contributed by atoms with Crippen molar-refractivity contribution in [2.75, 3.05) is 11.0 Å². The van der Waals surface area contributed by atoms with Gasteiger partial charge in [0.2, 0.25) is 10.0 Å². The van der Waals surface area contributed by atoms with Gasteiger partial charge in [0.25, 0.3) is 5.91 Å². The minimum Gasteiger partial charge on any atom is -0.322 e. The van der Waals surface area contributed by atoms with Crippen LogP contribution < -0.4 is 4.72 Å². The molecule has 3 heterocycles. The van der Waals surface area contributed by atoms with E-state index in [0.717, 1.165) is 18.2 Å². The summed E-state index contributed by atoms with van der Waals surface area (Å²) < 4.78 is 65.1. The van der Waals surface area contributed by atoms with Crippen LogP contribution in [-0.4, -0.2) is 47.7 Å². The van der Waals surface area contributed by atoms with Gasteiger partial charge in [0.1, 0.15) is 6.04 Å². The molecule has 0 unspecified atom stereocenters. The number of amides is 1. The molecule has 0 aromatic carbocycles. The molecule has 3 rings (SSSR count). The summed E-state index contributed by atoms with van der Waals surface area (Å²) >= 11 is 1.32. The van der Waals surface area contributed by atoms with Gasteiger partial charge in [-0.25, -0.2) is 18.4 Å². The number of anilines is 1. The molecule has 1 N–H and O–H groups in total. The number of aryl methyl sites for hydroxylation is 2. The monoisotopic (exact) mass is 434 g/mol. The normalized spacial score (nSPS) is 15.7. The van der Waals surface area contributed by atoms with Gasteiger partial charge in [0.15, 0.2) is 5.82 Å². The molecule has 2 aromatic heterocycles. The van der Waals surface area contributed by atoms with E-state index in [2.05, 4.69) is 14.7 Å². The van der Waals surface area contributed by atoms with Crippen molar-refractivity contribution in [1.82, 2.24) is 14.9 Å². The second-order valence-corrected chi connectivity index (χ2v) is 9.51. The number of carbonyl (C=O) groups is 1. The summed E-state index contributed by atoms with van der Waals surface area (Å²) in [7, 11) is -3.81. The highest BCUT2D eigenvalue weighted by atomic mass is 32.2. The quantitative estimate of drug-likeness (QED) is 0.798. The lowest BCUT2D eigenvalue weighted by molar-refractivity contribution is -0.172. The minimum absolute atomic E-state index is 0.163. The molecule has 1 amide bonds. The van der Waals surface area contributed by atoms with Crippen molar-refractivity contribution in [2.24, 2.45) is 0 Å². The van der Waals surface area contributed by atoms with Crippen molar-refractivity contribution in [3.05, 3.63) is 27.9 Å². The van der Waals surface area contributed by atoms with Gasteiger partial charge in [0.05, 0.1) is 33.1 Å². The molecule has 12 heteroatoms. The van der Waals surface area contributed by atoms with Crippen LogP contribution in [0.1, 0.15) is 33.5 Å². The highest BCUT2D eigenvalue weighted by molar-refractivity contribution is 7.92. The first kappa shape index (κ1) is 20.5. The molecule has 0 fully saturated rings. The zero-order valence-corrected chi connectivity index (χ0v) is 17.0. The third kappa shape index (κ3) is 3.83. The summed E-state index contributed by atoms with van der Waals surface area (Å²) in [5, 5.41) is 0.760. The number of hydrogen-bond acceptors (Lipinski definition) is 6. The van der Waals surface area contributed by atoms with Gasteiger partial charge in [-0.2, -0.15) is 13.2 Å². The van der Waals surface area contributed by atoms with Crippen LogP contribution in [-0.2, 0) is 16.6 Å². The average molecular weight is 434 g/mol. The Morgan fingerprint density at radius 2 is 1.93 bits per heavy atom. The Balaban J connectivity index is 2.16. The van der Waals surface area contributed by atoms with Crippen LogP contribution in [0.3, 0.4) is 0 Å². The number of hydrogen-bond donors (Lipinski definition) is 1. The van der Waals surface area contributed by atoms with E-state index in [1.807, 2.05) is 0 Å². The van der Waals surface area contributed by atoms with Crippen molar-refractivity contribution < 1.29 is 26.4 Å². The molecule has 7 nitrogen and oxygen atoms in total. The Labute approximate surface area is 163 Å². The zero-order valence-electron chi connectivity index (χ0n) is 15.4. The van der Waals surface area contributed by atoms with Gasteiger partial charge in [-0.15, -0.1) is 11.3 Å². The van der Waals surface area contributed by atoms with Crippen LogP contribution in [0.2, 0.25) is 0 Å². The summed E-state index contributed by atoms with van der Waals surface area (Å²) in [5.41, 5.74) is 1.12. The summed E-state index contributed by atoms with van der Waals surface area (Å²) in [5.74, 6) is -1.19. The van der Waals surface area contributed by atoms with Crippen molar-refractivity contribution in [3.63, 3.8) is 0 Å². The fourth-order valence-electron chi connectivity index (χ4n) is 2.98. The Bertz CT molecular complexity index is 1060. The maximum absolute atomic E-state index is 13.1. The van der Waals surface area contributed by atoms with Gasteiger partial charge >= 0.3 is 6.18 Å². The van der Waals surface area contributed by atoms with Crippen LogP contribution in [0.15, 0.2) is 6.07 Å². The fraction of sp³-hybridized carbons (Fsp3) is 0.438. The van der Waals surface area contributed by atoms with E-state index in [4.69, 9.17) is 0 Å². The maximum Gasteiger partial charge on any atom is 0.408 e. The van der Waals surface area contributed by atoms with Crippen LogP contribution >= 0.6 is 11.3 Å². The first-order chi connectivity index (χ1) is 12.8. The van der Waals surface area contributed by atoms with E-state index >= 15 is 0 Å². The van der Waals surface area contributed by atoms with Gasteiger partial charge in [0, 0.05) is 6.54 Å². The Morgan fingerprint density at radius 1 is 1.29 bits per heavy atom. The largest absolute Gasteiger partial charge is 0.408 e. The molecule has 0 saturated carbocycles. The SMILES string of the molecule is Cc1nc(C)c(-c2cc3c(c(NS(C)(=O)=O)n2)C(=O)N([C@@H](C)C(F)(F)F)C3)s1. The zero-order chi connectivity index (χ0) is 21.0. The average Bonchev–Trinajstić information content (AvgIpc) is 3.03. The van der Waals surface area contributed by atoms with E-state index in [9.17, 15) is 26.4 Å². The molecule has 1 aliphatic rings. The predicted molar refractivity (Wildman–Crippen MR) is 98.7 cm³/mol. The Morgan fingerprint density at radius 3 is 2.43 bits per heavy atom. The van der Waals surface area contributed by atoms with Gasteiger partial charge < -0.3 is 4.90 Å². The topological polar surface area (TPSA) is 92.3 Å². The maximum atomic E-state index is 13.1. The molecule has 28 heavy (non-hydrogen) atoms. The number of thiazole rings is 1. The number of sulfonamides is 1. The molecule has 1 atom stereocenters. The fourth-order valence-corrected chi connectivity index (χ4v) is 4.36. The third-order valence-corrected chi connectivity index (χ3v) is 5.94. The second-order valence-electron chi connectivity index (χ2n) is 6.56. The summed E-state index contributed by atoms with van der Waals surface area (Å²) in [6, 6.07) is -0.502. The van der Waals surface area contributed by atoms with Gasteiger partial charge in [-0.3, -0.25) is 9.52 Å². The van der Waals surface area contributed by atoms with Crippen molar-refractivity contribution in [3.8, 4) is 10.6 Å². The number of pyridine rings is 1. The minimum atomic E-state index is -4.61. The van der Waals surface area contributed by atoms with E-state index in [-0.39, 0.29) is 23.5 Å². The van der Waals surface area contributed by atoms with E-state index in [0.29, 0.717) is 21.2 Å². The number of alkyl halides is 3. The number of carbonyl (C=O) groups excluding carboxylic acids is 1. The van der Waals surface area contributed by atoms with E-state index in [1.165, 1.54) is 17.4 Å². The van der Waals surface area contributed by atoms with Crippen LogP contribution in [0.4, 0.5) is 19.0 Å². The molecule has 0 saturated heterocycles. The van der Waals surface area contributed by atoms with Crippen molar-refractivity contribution >= 4 is 33.1 Å². The van der Waals surface area contributed by atoms with Crippen LogP contribution in [0.5, 0.6) is 0 Å². The molecule has 152 valence electrons.